The molecule has 3 rings (SSSR count). The number of ether oxygens (including phenoxy) is 2. The summed E-state index contributed by atoms with van der Waals surface area (Å²) in [5.41, 5.74) is 1.51. The smallest absolute Gasteiger partial charge is 0.255 e. The number of hydrogen-bond acceptors (Lipinski definition) is 4. The zero-order chi connectivity index (χ0) is 17.8. The van der Waals surface area contributed by atoms with Crippen LogP contribution >= 0.6 is 11.6 Å². The standard InChI is InChI=1S/C18H17ClN2O4/c1-11(22)20-13-4-2-5-14(10-13)21-18(23)12-8-15(19)17-16(9-12)24-6-3-7-25-17/h2,4-5,8-10H,3,6-7H2,1H3,(H,20,22)(H,21,23). The van der Waals surface area contributed by atoms with Gasteiger partial charge in [-0.05, 0) is 30.3 Å². The van der Waals surface area contributed by atoms with Gasteiger partial charge >= 0.3 is 0 Å². The maximum atomic E-state index is 12.5. The van der Waals surface area contributed by atoms with Crippen molar-refractivity contribution < 1.29 is 19.1 Å². The summed E-state index contributed by atoms with van der Waals surface area (Å²) in [6, 6.07) is 10.0. The Balaban J connectivity index is 1.81. The molecule has 6 nitrogen and oxygen atoms in total. The van der Waals surface area contributed by atoms with Crippen molar-refractivity contribution in [2.24, 2.45) is 0 Å². The molecule has 1 heterocycles. The zero-order valence-electron chi connectivity index (χ0n) is 13.6. The lowest BCUT2D eigenvalue weighted by molar-refractivity contribution is -0.114. The summed E-state index contributed by atoms with van der Waals surface area (Å²) < 4.78 is 11.2. The summed E-state index contributed by atoms with van der Waals surface area (Å²) in [5.74, 6) is 0.404. The summed E-state index contributed by atoms with van der Waals surface area (Å²) in [6.45, 7) is 2.45. The largest absolute Gasteiger partial charge is 0.489 e. The summed E-state index contributed by atoms with van der Waals surface area (Å²) in [6.07, 6.45) is 0.752. The first-order chi connectivity index (χ1) is 12.0. The van der Waals surface area contributed by atoms with Gasteiger partial charge in [0.05, 0.1) is 18.2 Å². The number of nitrogens with one attached hydrogen (secondary N) is 2. The van der Waals surface area contributed by atoms with Crippen LogP contribution in [0.1, 0.15) is 23.7 Å². The summed E-state index contributed by atoms with van der Waals surface area (Å²) >= 11 is 6.22. The molecule has 0 saturated carbocycles. The molecule has 2 aromatic carbocycles. The third kappa shape index (κ3) is 4.22. The molecule has 0 saturated heterocycles. The number of carbonyl (C=O) groups excluding carboxylic acids is 2. The second-order valence-electron chi connectivity index (χ2n) is 5.55. The second-order valence-corrected chi connectivity index (χ2v) is 5.96. The Morgan fingerprint density at radius 1 is 1.04 bits per heavy atom. The highest BCUT2D eigenvalue weighted by Gasteiger charge is 2.18. The van der Waals surface area contributed by atoms with Crippen LogP contribution in [0.5, 0.6) is 11.5 Å². The van der Waals surface area contributed by atoms with Crippen molar-refractivity contribution in [1.29, 1.82) is 0 Å². The highest BCUT2D eigenvalue weighted by atomic mass is 35.5. The Kier molecular flexibility index (Phi) is 5.09. The lowest BCUT2D eigenvalue weighted by Crippen LogP contribution is -2.13. The molecule has 0 bridgehead atoms. The van der Waals surface area contributed by atoms with Gasteiger partial charge in [-0.15, -0.1) is 0 Å². The molecule has 130 valence electrons. The number of amides is 2. The molecule has 1 aliphatic rings. The summed E-state index contributed by atoms with van der Waals surface area (Å²) in [4.78, 5) is 23.6. The number of anilines is 2. The van der Waals surface area contributed by atoms with Crippen molar-refractivity contribution in [3.05, 3.63) is 47.0 Å². The number of rotatable bonds is 3. The average Bonchev–Trinajstić information content (AvgIpc) is 2.80. The molecule has 1 aliphatic heterocycles. The molecule has 2 amide bonds. The van der Waals surface area contributed by atoms with E-state index in [1.165, 1.54) is 6.92 Å². The summed E-state index contributed by atoms with van der Waals surface area (Å²) in [7, 11) is 0. The zero-order valence-corrected chi connectivity index (χ0v) is 14.4. The molecule has 0 fully saturated rings. The predicted molar refractivity (Wildman–Crippen MR) is 95.8 cm³/mol. The first-order valence-electron chi connectivity index (χ1n) is 7.81. The van der Waals surface area contributed by atoms with E-state index in [2.05, 4.69) is 10.6 Å². The average molecular weight is 361 g/mol. The molecule has 0 aliphatic carbocycles. The number of fused-ring (bicyclic) bond motifs is 1. The highest BCUT2D eigenvalue weighted by molar-refractivity contribution is 6.32. The lowest BCUT2D eigenvalue weighted by Gasteiger charge is -2.12. The Labute approximate surface area is 150 Å². The van der Waals surface area contributed by atoms with Gasteiger partial charge in [0.25, 0.3) is 5.91 Å². The Morgan fingerprint density at radius 3 is 2.52 bits per heavy atom. The number of hydrogen-bond donors (Lipinski definition) is 2. The Bertz CT molecular complexity index is 823. The van der Waals surface area contributed by atoms with Crippen molar-refractivity contribution in [2.45, 2.75) is 13.3 Å². The molecular weight excluding hydrogens is 344 g/mol. The van der Waals surface area contributed by atoms with E-state index in [0.29, 0.717) is 46.7 Å². The number of carbonyl (C=O) groups is 2. The van der Waals surface area contributed by atoms with Crippen molar-refractivity contribution in [3.8, 4) is 11.5 Å². The van der Waals surface area contributed by atoms with E-state index in [9.17, 15) is 9.59 Å². The van der Waals surface area contributed by atoms with Crippen molar-refractivity contribution in [1.82, 2.24) is 0 Å². The number of halogens is 1. The maximum Gasteiger partial charge on any atom is 0.255 e. The van der Waals surface area contributed by atoms with E-state index in [4.69, 9.17) is 21.1 Å². The van der Waals surface area contributed by atoms with Gasteiger partial charge in [0.15, 0.2) is 11.5 Å². The topological polar surface area (TPSA) is 76.7 Å². The molecule has 0 unspecified atom stereocenters. The van der Waals surface area contributed by atoms with Crippen molar-refractivity contribution in [3.63, 3.8) is 0 Å². The van der Waals surface area contributed by atoms with Gasteiger partial charge in [-0.2, -0.15) is 0 Å². The van der Waals surface area contributed by atoms with Crippen LogP contribution < -0.4 is 20.1 Å². The Hall–Kier alpha value is -2.73. The van der Waals surface area contributed by atoms with Crippen LogP contribution in [-0.4, -0.2) is 25.0 Å². The van der Waals surface area contributed by atoms with Gasteiger partial charge in [-0.25, -0.2) is 0 Å². The molecule has 2 aromatic rings. The first kappa shape index (κ1) is 17.1. The van der Waals surface area contributed by atoms with Gasteiger partial charge in [0.2, 0.25) is 5.91 Å². The van der Waals surface area contributed by atoms with Gasteiger partial charge in [0.1, 0.15) is 0 Å². The molecule has 0 aromatic heterocycles. The van der Waals surface area contributed by atoms with Gasteiger partial charge in [0, 0.05) is 30.3 Å². The normalized spacial score (nSPS) is 12.9. The third-order valence-corrected chi connectivity index (χ3v) is 3.79. The summed E-state index contributed by atoms with van der Waals surface area (Å²) in [5, 5.41) is 5.77. The van der Waals surface area contributed by atoms with Crippen LogP contribution in [0, 0.1) is 0 Å². The number of benzene rings is 2. The van der Waals surface area contributed by atoms with Crippen LogP contribution in [0.4, 0.5) is 11.4 Å². The molecule has 2 N–H and O–H groups in total. The minimum Gasteiger partial charge on any atom is -0.489 e. The minimum atomic E-state index is -0.336. The third-order valence-electron chi connectivity index (χ3n) is 3.51. The monoisotopic (exact) mass is 360 g/mol. The van der Waals surface area contributed by atoms with E-state index in [1.54, 1.807) is 36.4 Å². The van der Waals surface area contributed by atoms with Crippen molar-refractivity contribution in [2.75, 3.05) is 23.8 Å². The fourth-order valence-corrected chi connectivity index (χ4v) is 2.71. The van der Waals surface area contributed by atoms with Gasteiger partial charge in [-0.1, -0.05) is 17.7 Å². The lowest BCUT2D eigenvalue weighted by atomic mass is 10.1. The molecule has 0 atom stereocenters. The van der Waals surface area contributed by atoms with Crippen molar-refractivity contribution >= 4 is 34.8 Å². The fourth-order valence-electron chi connectivity index (χ4n) is 2.44. The maximum absolute atomic E-state index is 12.5. The predicted octanol–water partition coefficient (Wildman–Crippen LogP) is 3.71. The second kappa shape index (κ2) is 7.44. The van der Waals surface area contributed by atoms with E-state index in [-0.39, 0.29) is 11.8 Å². The molecular formula is C18H17ClN2O4. The minimum absolute atomic E-state index is 0.182. The molecule has 7 heteroatoms. The van der Waals surface area contributed by atoms with Crippen LogP contribution in [0.15, 0.2) is 36.4 Å². The highest BCUT2D eigenvalue weighted by Crippen LogP contribution is 2.38. The van der Waals surface area contributed by atoms with Crippen LogP contribution in [0.3, 0.4) is 0 Å². The Morgan fingerprint density at radius 2 is 1.76 bits per heavy atom. The van der Waals surface area contributed by atoms with E-state index in [0.717, 1.165) is 6.42 Å². The molecule has 0 spiro atoms. The molecule has 0 radical (unpaired) electrons. The molecule has 25 heavy (non-hydrogen) atoms. The SMILES string of the molecule is CC(=O)Nc1cccc(NC(=O)c2cc(Cl)c3c(c2)OCCCO3)c1. The van der Waals surface area contributed by atoms with Crippen LogP contribution in [0.25, 0.3) is 0 Å². The van der Waals surface area contributed by atoms with E-state index < -0.39 is 0 Å². The fraction of sp³-hybridized carbons (Fsp3) is 0.222. The van der Waals surface area contributed by atoms with Crippen LogP contribution in [-0.2, 0) is 4.79 Å². The first-order valence-corrected chi connectivity index (χ1v) is 8.19. The van der Waals surface area contributed by atoms with Crippen LogP contribution in [0.2, 0.25) is 5.02 Å². The van der Waals surface area contributed by atoms with Gasteiger partial charge < -0.3 is 20.1 Å². The quantitative estimate of drug-likeness (QED) is 0.874. The van der Waals surface area contributed by atoms with Gasteiger partial charge in [-0.3, -0.25) is 9.59 Å². The van der Waals surface area contributed by atoms with E-state index in [1.807, 2.05) is 0 Å². The van der Waals surface area contributed by atoms with E-state index >= 15 is 0 Å².